The summed E-state index contributed by atoms with van der Waals surface area (Å²) >= 11 is 3.26. The Kier molecular flexibility index (Phi) is 3.73. The van der Waals surface area contributed by atoms with Crippen molar-refractivity contribution >= 4 is 27.4 Å². The summed E-state index contributed by atoms with van der Waals surface area (Å²) < 4.78 is 6.54. The Morgan fingerprint density at radius 3 is 2.57 bits per heavy atom. The zero-order valence-corrected chi connectivity index (χ0v) is 13.1. The van der Waals surface area contributed by atoms with Crippen molar-refractivity contribution in [2.75, 3.05) is 0 Å². The quantitative estimate of drug-likeness (QED) is 0.607. The lowest BCUT2D eigenvalue weighted by atomic mass is 9.57. The highest BCUT2D eigenvalue weighted by atomic mass is 79.9. The fourth-order valence-electron chi connectivity index (χ4n) is 3.44. The number of non-ortho nitro benzene ring substituents is 1. The number of rotatable bonds is 3. The van der Waals surface area contributed by atoms with E-state index in [1.807, 2.05) is 0 Å². The Bertz CT molecular complexity index is 595. The lowest BCUT2D eigenvalue weighted by Gasteiger charge is -2.49. The summed E-state index contributed by atoms with van der Waals surface area (Å²) in [6.07, 6.45) is 5.33. The molecule has 0 aromatic heterocycles. The second-order valence-electron chi connectivity index (χ2n) is 5.85. The molecule has 2 saturated carbocycles. The third kappa shape index (κ3) is 2.57. The van der Waals surface area contributed by atoms with E-state index in [0.717, 1.165) is 25.7 Å². The Hall–Kier alpha value is -1.43. The van der Waals surface area contributed by atoms with Gasteiger partial charge >= 0.3 is 0 Å². The number of nitro groups is 1. The molecule has 1 aromatic rings. The van der Waals surface area contributed by atoms with Gasteiger partial charge in [0.15, 0.2) is 0 Å². The van der Waals surface area contributed by atoms with Gasteiger partial charge in [-0.05, 0) is 18.9 Å². The van der Waals surface area contributed by atoms with Gasteiger partial charge in [-0.3, -0.25) is 14.9 Å². The maximum atomic E-state index is 12.1. The number of carbonyl (C=O) groups is 1. The molecule has 0 radical (unpaired) electrons. The van der Waals surface area contributed by atoms with Gasteiger partial charge in [0, 0.05) is 17.0 Å². The van der Waals surface area contributed by atoms with Crippen molar-refractivity contribution in [2.24, 2.45) is 5.41 Å². The molecule has 0 saturated heterocycles. The molecule has 2 aliphatic carbocycles. The summed E-state index contributed by atoms with van der Waals surface area (Å²) in [5, 5.41) is 10.9. The maximum Gasteiger partial charge on any atom is 0.274 e. The molecule has 1 atom stereocenters. The van der Waals surface area contributed by atoms with Crippen LogP contribution in [0.4, 0.5) is 5.69 Å². The van der Waals surface area contributed by atoms with Crippen LogP contribution in [0.15, 0.2) is 22.7 Å². The summed E-state index contributed by atoms with van der Waals surface area (Å²) in [5.74, 6) is 0.746. The number of carbonyl (C=O) groups excluding carboxylic acids is 1. The molecule has 0 heterocycles. The van der Waals surface area contributed by atoms with E-state index >= 15 is 0 Å². The Morgan fingerprint density at radius 2 is 1.95 bits per heavy atom. The molecule has 1 spiro atoms. The predicted molar refractivity (Wildman–Crippen MR) is 80.4 cm³/mol. The highest BCUT2D eigenvalue weighted by Crippen LogP contribution is 2.50. The number of nitro benzene ring substituents is 1. The zero-order valence-electron chi connectivity index (χ0n) is 11.5. The molecule has 6 heteroatoms. The van der Waals surface area contributed by atoms with Crippen molar-refractivity contribution < 1.29 is 14.5 Å². The van der Waals surface area contributed by atoms with Crippen LogP contribution in [0.5, 0.6) is 5.75 Å². The van der Waals surface area contributed by atoms with Crippen LogP contribution in [-0.2, 0) is 4.79 Å². The van der Waals surface area contributed by atoms with Gasteiger partial charge in [-0.25, -0.2) is 0 Å². The van der Waals surface area contributed by atoms with E-state index in [1.165, 1.54) is 18.6 Å². The predicted octanol–water partition coefficient (Wildman–Crippen LogP) is 4.03. The minimum atomic E-state index is -0.445. The number of benzene rings is 1. The van der Waals surface area contributed by atoms with Crippen molar-refractivity contribution in [1.82, 2.24) is 0 Å². The van der Waals surface area contributed by atoms with Crippen LogP contribution >= 0.6 is 15.9 Å². The highest BCUT2D eigenvalue weighted by molar-refractivity contribution is 9.10. The molecular formula is C15H16BrNO4. The normalized spacial score (nSPS) is 23.7. The second-order valence-corrected chi connectivity index (χ2v) is 6.77. The molecule has 0 N–H and O–H groups in total. The van der Waals surface area contributed by atoms with Gasteiger partial charge in [0.25, 0.3) is 5.69 Å². The minimum Gasteiger partial charge on any atom is -0.489 e. The number of nitrogens with zero attached hydrogens (tertiary/aromatic N) is 1. The lowest BCUT2D eigenvalue weighted by molar-refractivity contribution is -0.385. The second kappa shape index (κ2) is 5.40. The zero-order chi connectivity index (χ0) is 15.0. The third-order valence-electron chi connectivity index (χ3n) is 4.63. The summed E-state index contributed by atoms with van der Waals surface area (Å²) in [4.78, 5) is 22.5. The smallest absolute Gasteiger partial charge is 0.274 e. The molecule has 1 aromatic carbocycles. The maximum absolute atomic E-state index is 12.1. The van der Waals surface area contributed by atoms with E-state index in [-0.39, 0.29) is 23.0 Å². The van der Waals surface area contributed by atoms with Crippen LogP contribution < -0.4 is 4.74 Å². The number of halogens is 1. The summed E-state index contributed by atoms with van der Waals surface area (Å²) in [6, 6.07) is 4.57. The monoisotopic (exact) mass is 353 g/mol. The number of hydrogen-bond acceptors (Lipinski definition) is 4. The minimum absolute atomic E-state index is 0.0114. The van der Waals surface area contributed by atoms with Crippen LogP contribution in [0.2, 0.25) is 0 Å². The first-order valence-electron chi connectivity index (χ1n) is 7.16. The van der Waals surface area contributed by atoms with Gasteiger partial charge in [-0.2, -0.15) is 0 Å². The van der Waals surface area contributed by atoms with Crippen molar-refractivity contribution in [2.45, 2.75) is 44.6 Å². The van der Waals surface area contributed by atoms with Crippen molar-refractivity contribution in [1.29, 1.82) is 0 Å². The Labute approximate surface area is 130 Å². The van der Waals surface area contributed by atoms with E-state index in [0.29, 0.717) is 16.6 Å². The molecule has 0 aliphatic heterocycles. The number of ketones is 1. The third-order valence-corrected chi connectivity index (χ3v) is 5.09. The SMILES string of the molecule is O=C1CC(Oc2cc(Br)cc([N+](=O)[O-])c2)C12CCCCC2. The molecule has 112 valence electrons. The van der Waals surface area contributed by atoms with Crippen LogP contribution in [0, 0.1) is 15.5 Å². The molecule has 2 fully saturated rings. The summed E-state index contributed by atoms with van der Waals surface area (Å²) in [6.45, 7) is 0. The summed E-state index contributed by atoms with van der Waals surface area (Å²) in [7, 11) is 0. The van der Waals surface area contributed by atoms with Crippen LogP contribution in [0.1, 0.15) is 38.5 Å². The van der Waals surface area contributed by atoms with Gasteiger partial charge in [0.05, 0.1) is 16.4 Å². The highest BCUT2D eigenvalue weighted by Gasteiger charge is 2.56. The topological polar surface area (TPSA) is 69.4 Å². The average Bonchev–Trinajstić information content (AvgIpc) is 2.47. The van der Waals surface area contributed by atoms with Gasteiger partial charge in [-0.15, -0.1) is 0 Å². The molecular weight excluding hydrogens is 338 g/mol. The first kappa shape index (κ1) is 14.5. The molecule has 0 amide bonds. The van der Waals surface area contributed by atoms with Crippen molar-refractivity contribution in [3.05, 3.63) is 32.8 Å². The standard InChI is InChI=1S/C15H16BrNO4/c16-10-6-11(17(19)20)8-12(7-10)21-14-9-13(18)15(14)4-2-1-3-5-15/h6-8,14H,1-5,9H2. The molecule has 1 unspecified atom stereocenters. The number of Topliss-reactive ketones (excluding diaryl/α,β-unsaturated/α-hetero) is 1. The fourth-order valence-corrected chi connectivity index (χ4v) is 3.90. The first-order valence-corrected chi connectivity index (χ1v) is 7.95. The number of hydrogen-bond donors (Lipinski definition) is 0. The van der Waals surface area contributed by atoms with Crippen LogP contribution in [0.25, 0.3) is 0 Å². The fraction of sp³-hybridized carbons (Fsp3) is 0.533. The Balaban J connectivity index is 1.80. The molecule has 0 bridgehead atoms. The summed E-state index contributed by atoms with van der Waals surface area (Å²) in [5.41, 5.74) is -0.349. The first-order chi connectivity index (χ1) is 10.0. The van der Waals surface area contributed by atoms with Gasteiger partial charge in [0.2, 0.25) is 0 Å². The lowest BCUT2D eigenvalue weighted by Crippen LogP contribution is -2.57. The average molecular weight is 354 g/mol. The van der Waals surface area contributed by atoms with Gasteiger partial charge in [-0.1, -0.05) is 35.2 Å². The number of ether oxygens (including phenoxy) is 1. The van der Waals surface area contributed by atoms with Crippen LogP contribution in [0.3, 0.4) is 0 Å². The van der Waals surface area contributed by atoms with E-state index in [1.54, 1.807) is 6.07 Å². The molecule has 2 aliphatic rings. The van der Waals surface area contributed by atoms with Crippen molar-refractivity contribution in [3.8, 4) is 5.75 Å². The Morgan fingerprint density at radius 1 is 1.24 bits per heavy atom. The van der Waals surface area contributed by atoms with E-state index < -0.39 is 4.92 Å². The van der Waals surface area contributed by atoms with Gasteiger partial charge < -0.3 is 4.74 Å². The van der Waals surface area contributed by atoms with E-state index in [4.69, 9.17) is 4.74 Å². The van der Waals surface area contributed by atoms with E-state index in [9.17, 15) is 14.9 Å². The van der Waals surface area contributed by atoms with E-state index in [2.05, 4.69) is 15.9 Å². The van der Waals surface area contributed by atoms with Gasteiger partial charge in [0.1, 0.15) is 17.6 Å². The molecule has 3 rings (SSSR count). The molecule has 21 heavy (non-hydrogen) atoms. The van der Waals surface area contributed by atoms with Crippen LogP contribution in [-0.4, -0.2) is 16.8 Å². The molecule has 5 nitrogen and oxygen atoms in total. The largest absolute Gasteiger partial charge is 0.489 e. The van der Waals surface area contributed by atoms with Crippen molar-refractivity contribution in [3.63, 3.8) is 0 Å².